The molecule has 1 aromatic heterocycles. The Labute approximate surface area is 115 Å². The van der Waals surface area contributed by atoms with Gasteiger partial charge in [-0.05, 0) is 25.5 Å². The fourth-order valence-corrected chi connectivity index (χ4v) is 3.23. The van der Waals surface area contributed by atoms with Crippen LogP contribution < -0.4 is 0 Å². The van der Waals surface area contributed by atoms with Crippen LogP contribution in [-0.4, -0.2) is 22.8 Å². The zero-order valence-corrected chi connectivity index (χ0v) is 12.0. The maximum absolute atomic E-state index is 11.5. The number of aromatic nitrogens is 1. The number of carbonyl (C=O) groups excluding carboxylic acids is 1. The highest BCUT2D eigenvalue weighted by Gasteiger charge is 2.10. The van der Waals surface area contributed by atoms with Crippen molar-refractivity contribution in [1.82, 2.24) is 4.98 Å². The first-order valence-electron chi connectivity index (χ1n) is 5.87. The zero-order chi connectivity index (χ0) is 13.0. The number of hydrogen-bond donors (Lipinski definition) is 0. The second kappa shape index (κ2) is 6.20. The van der Waals surface area contributed by atoms with E-state index >= 15 is 0 Å². The summed E-state index contributed by atoms with van der Waals surface area (Å²) >= 11 is 3.05. The molecule has 3 nitrogen and oxygen atoms in total. The Morgan fingerprint density at radius 3 is 3.00 bits per heavy atom. The fourth-order valence-electron chi connectivity index (χ4n) is 1.38. The summed E-state index contributed by atoms with van der Waals surface area (Å²) < 4.78 is 7.27. The Morgan fingerprint density at radius 2 is 2.28 bits per heavy atom. The minimum atomic E-state index is -0.173. The first kappa shape index (κ1) is 13.4. The summed E-state index contributed by atoms with van der Waals surface area (Å²) in [4.78, 5) is 16.0. The number of hydrogen-bond acceptors (Lipinski definition) is 5. The topological polar surface area (TPSA) is 39.2 Å². The Morgan fingerprint density at radius 1 is 1.50 bits per heavy atom. The molecule has 2 aromatic rings. The molecule has 2 rings (SSSR count). The molecule has 0 unspecified atom stereocenters. The van der Waals surface area contributed by atoms with Gasteiger partial charge in [-0.2, -0.15) is 0 Å². The molecule has 0 aliphatic carbocycles. The number of rotatable bonds is 5. The van der Waals surface area contributed by atoms with Gasteiger partial charge in [0.15, 0.2) is 4.34 Å². The summed E-state index contributed by atoms with van der Waals surface area (Å²) in [5, 5.41) is 0. The Bertz CT molecular complexity index is 506. The number of thiazole rings is 1. The minimum Gasteiger partial charge on any atom is -0.462 e. The lowest BCUT2D eigenvalue weighted by molar-refractivity contribution is -0.144. The molecule has 18 heavy (non-hydrogen) atoms. The van der Waals surface area contributed by atoms with Crippen LogP contribution in [0, 0.1) is 0 Å². The van der Waals surface area contributed by atoms with Gasteiger partial charge in [0, 0.05) is 0 Å². The van der Waals surface area contributed by atoms with Gasteiger partial charge in [0.05, 0.1) is 22.1 Å². The van der Waals surface area contributed by atoms with Crippen molar-refractivity contribution in [3.05, 3.63) is 24.3 Å². The van der Waals surface area contributed by atoms with Crippen LogP contribution in [0.15, 0.2) is 28.6 Å². The molecule has 0 fully saturated rings. The number of para-hydroxylation sites is 1. The van der Waals surface area contributed by atoms with Crippen molar-refractivity contribution in [2.45, 2.75) is 30.7 Å². The van der Waals surface area contributed by atoms with Crippen molar-refractivity contribution in [3.8, 4) is 0 Å². The molecule has 5 heteroatoms. The molecule has 0 spiro atoms. The summed E-state index contributed by atoms with van der Waals surface area (Å²) in [5.74, 6) is 0.151. The summed E-state index contributed by atoms with van der Waals surface area (Å²) in [7, 11) is 0. The van der Waals surface area contributed by atoms with E-state index in [1.807, 2.05) is 38.1 Å². The first-order valence-corrected chi connectivity index (χ1v) is 7.67. The highest BCUT2D eigenvalue weighted by molar-refractivity contribution is 8.01. The molecule has 0 aliphatic heterocycles. The van der Waals surface area contributed by atoms with Crippen LogP contribution in [0.25, 0.3) is 10.2 Å². The van der Waals surface area contributed by atoms with Gasteiger partial charge in [-0.1, -0.05) is 30.8 Å². The second-order valence-corrected chi connectivity index (χ2v) is 6.20. The van der Waals surface area contributed by atoms with Gasteiger partial charge >= 0.3 is 5.97 Å². The van der Waals surface area contributed by atoms with Crippen LogP contribution in [0.4, 0.5) is 0 Å². The largest absolute Gasteiger partial charge is 0.462 e. The summed E-state index contributed by atoms with van der Waals surface area (Å²) in [6.07, 6.45) is 0.839. The Balaban J connectivity index is 1.92. The number of carbonyl (C=O) groups is 1. The van der Waals surface area contributed by atoms with E-state index in [0.29, 0.717) is 5.75 Å². The smallest absolute Gasteiger partial charge is 0.316 e. The normalized spacial score (nSPS) is 12.6. The summed E-state index contributed by atoms with van der Waals surface area (Å²) in [6.45, 7) is 3.90. The summed E-state index contributed by atoms with van der Waals surface area (Å²) in [5.41, 5.74) is 0.986. The average molecular weight is 281 g/mol. The van der Waals surface area contributed by atoms with Crippen LogP contribution in [0.3, 0.4) is 0 Å². The number of thioether (sulfide) groups is 1. The number of esters is 1. The van der Waals surface area contributed by atoms with Crippen molar-refractivity contribution in [2.24, 2.45) is 0 Å². The van der Waals surface area contributed by atoms with E-state index in [1.165, 1.54) is 11.8 Å². The van der Waals surface area contributed by atoms with E-state index in [-0.39, 0.29) is 12.1 Å². The van der Waals surface area contributed by atoms with Gasteiger partial charge < -0.3 is 4.74 Å². The van der Waals surface area contributed by atoms with E-state index in [1.54, 1.807) is 11.3 Å². The molecule has 1 heterocycles. The van der Waals surface area contributed by atoms with E-state index in [2.05, 4.69) is 4.98 Å². The lowest BCUT2D eigenvalue weighted by Crippen LogP contribution is -2.15. The van der Waals surface area contributed by atoms with E-state index < -0.39 is 0 Å². The molecule has 0 saturated heterocycles. The molecule has 0 radical (unpaired) electrons. The van der Waals surface area contributed by atoms with Gasteiger partial charge in [0.1, 0.15) is 0 Å². The van der Waals surface area contributed by atoms with Crippen LogP contribution in [0.5, 0.6) is 0 Å². The number of nitrogens with zero attached hydrogens (tertiary/aromatic N) is 1. The molecule has 0 saturated carbocycles. The molecule has 1 atom stereocenters. The highest BCUT2D eigenvalue weighted by atomic mass is 32.2. The third-order valence-electron chi connectivity index (χ3n) is 2.50. The molecule has 96 valence electrons. The standard InChI is InChI=1S/C13H15NO2S2/c1-3-9(2)16-12(15)8-17-13-14-10-6-4-5-7-11(10)18-13/h4-7,9H,3,8H2,1-2H3/t9-/m1/s1. The molecule has 1 aromatic carbocycles. The van der Waals surface area contributed by atoms with Crippen LogP contribution in [-0.2, 0) is 9.53 Å². The first-order chi connectivity index (χ1) is 8.69. The number of fused-ring (bicyclic) bond motifs is 1. The van der Waals surface area contributed by atoms with E-state index in [9.17, 15) is 4.79 Å². The van der Waals surface area contributed by atoms with Gasteiger partial charge in [-0.25, -0.2) is 4.98 Å². The van der Waals surface area contributed by atoms with Crippen LogP contribution in [0.2, 0.25) is 0 Å². The predicted octanol–water partition coefficient (Wildman–Crippen LogP) is 3.73. The molecule has 0 N–H and O–H groups in total. The van der Waals surface area contributed by atoms with E-state index in [4.69, 9.17) is 4.74 Å². The van der Waals surface area contributed by atoms with Crippen molar-refractivity contribution in [3.63, 3.8) is 0 Å². The maximum Gasteiger partial charge on any atom is 0.316 e. The lowest BCUT2D eigenvalue weighted by Gasteiger charge is -2.09. The maximum atomic E-state index is 11.5. The third-order valence-corrected chi connectivity index (χ3v) is 4.65. The van der Waals surface area contributed by atoms with Crippen molar-refractivity contribution in [1.29, 1.82) is 0 Å². The van der Waals surface area contributed by atoms with Gasteiger partial charge in [0.2, 0.25) is 0 Å². The van der Waals surface area contributed by atoms with Gasteiger partial charge in [-0.3, -0.25) is 4.79 Å². The lowest BCUT2D eigenvalue weighted by atomic mass is 10.3. The van der Waals surface area contributed by atoms with Crippen LogP contribution in [0.1, 0.15) is 20.3 Å². The average Bonchev–Trinajstić information content (AvgIpc) is 2.79. The Hall–Kier alpha value is -1.07. The predicted molar refractivity (Wildman–Crippen MR) is 76.2 cm³/mol. The van der Waals surface area contributed by atoms with Crippen molar-refractivity contribution >= 4 is 39.3 Å². The van der Waals surface area contributed by atoms with E-state index in [0.717, 1.165) is 21.0 Å². The van der Waals surface area contributed by atoms with Crippen LogP contribution >= 0.6 is 23.1 Å². The highest BCUT2D eigenvalue weighted by Crippen LogP contribution is 2.29. The fraction of sp³-hybridized carbons (Fsp3) is 0.385. The van der Waals surface area contributed by atoms with Gasteiger partial charge in [0.25, 0.3) is 0 Å². The zero-order valence-electron chi connectivity index (χ0n) is 10.4. The molecule has 0 aliphatic rings. The molecule has 0 amide bonds. The minimum absolute atomic E-state index is 0.00605. The third kappa shape index (κ3) is 3.46. The number of benzene rings is 1. The van der Waals surface area contributed by atoms with Crippen molar-refractivity contribution in [2.75, 3.05) is 5.75 Å². The molecular formula is C13H15NO2S2. The molecular weight excluding hydrogens is 266 g/mol. The quantitative estimate of drug-likeness (QED) is 0.618. The summed E-state index contributed by atoms with van der Waals surface area (Å²) in [6, 6.07) is 7.97. The van der Waals surface area contributed by atoms with Crippen molar-refractivity contribution < 1.29 is 9.53 Å². The SMILES string of the molecule is CC[C@@H](C)OC(=O)CSc1nc2ccccc2s1. The number of ether oxygens (including phenoxy) is 1. The second-order valence-electron chi connectivity index (χ2n) is 3.94. The molecule has 0 bridgehead atoms. The van der Waals surface area contributed by atoms with Gasteiger partial charge in [-0.15, -0.1) is 11.3 Å². The Kier molecular flexibility index (Phi) is 4.60. The monoisotopic (exact) mass is 281 g/mol.